The van der Waals surface area contributed by atoms with E-state index in [-0.39, 0.29) is 7.92 Å². The predicted octanol–water partition coefficient (Wildman–Crippen LogP) is 7.90. The first kappa shape index (κ1) is 17.0. The molecule has 2 aromatic rings. The molecule has 0 aliphatic heterocycles. The quantitative estimate of drug-likeness (QED) is 0.487. The van der Waals surface area contributed by atoms with Crippen LogP contribution in [-0.2, 0) is 0 Å². The average Bonchev–Trinajstić information content (AvgIpc) is 3.05. The molecule has 0 heterocycles. The normalized spacial score (nSPS) is 21.7. The smallest absolute Gasteiger partial charge is 0.0308 e. The molecule has 0 amide bonds. The molecule has 0 atom stereocenters. The average molecular weight is 362 g/mol. The molecule has 2 saturated carbocycles. The fourth-order valence-corrected chi connectivity index (χ4v) is 10.4. The summed E-state index contributed by atoms with van der Waals surface area (Å²) in [6.45, 7) is 0. The van der Waals surface area contributed by atoms with Crippen molar-refractivity contribution in [3.05, 3.63) is 59.7 Å². The summed E-state index contributed by atoms with van der Waals surface area (Å²) in [6.07, 6.45) is 14.9. The summed E-state index contributed by atoms with van der Waals surface area (Å²) in [7, 11) is 0.0287. The van der Waals surface area contributed by atoms with Gasteiger partial charge < -0.3 is 0 Å². The van der Waals surface area contributed by atoms with Gasteiger partial charge in [0.05, 0.1) is 0 Å². The van der Waals surface area contributed by atoms with E-state index in [4.69, 9.17) is 0 Å². The molecule has 2 aromatic carbocycles. The highest BCUT2D eigenvalue weighted by Gasteiger charge is 2.41. The van der Waals surface area contributed by atoms with Crippen molar-refractivity contribution in [1.82, 2.24) is 0 Å². The van der Waals surface area contributed by atoms with Crippen LogP contribution in [0.5, 0.6) is 0 Å². The predicted molar refractivity (Wildman–Crippen MR) is 114 cm³/mol. The van der Waals surface area contributed by atoms with Crippen LogP contribution in [0.4, 0.5) is 0 Å². The standard InChI is InChI=1S/C25H31P/c1-3-11-19(12-4-1)26(20-13-5-2-6-14-20)25-23-17-9-7-15-21(23)22-16-8-10-18-24(22)25/h7-10,15-20,25H,1-6,11-14H2. The monoisotopic (exact) mass is 362 g/mol. The van der Waals surface area contributed by atoms with Crippen molar-refractivity contribution < 1.29 is 0 Å². The zero-order valence-electron chi connectivity index (χ0n) is 15.9. The fourth-order valence-electron chi connectivity index (χ4n) is 5.93. The molecule has 0 saturated heterocycles. The zero-order chi connectivity index (χ0) is 17.3. The van der Waals surface area contributed by atoms with Gasteiger partial charge in [0, 0.05) is 5.66 Å². The highest BCUT2D eigenvalue weighted by atomic mass is 31.1. The molecular weight excluding hydrogens is 331 g/mol. The minimum Gasteiger partial charge on any atom is -0.0880 e. The number of hydrogen-bond acceptors (Lipinski definition) is 0. The van der Waals surface area contributed by atoms with Gasteiger partial charge in [-0.25, -0.2) is 0 Å². The van der Waals surface area contributed by atoms with Crippen LogP contribution in [0.2, 0.25) is 0 Å². The Balaban J connectivity index is 1.61. The van der Waals surface area contributed by atoms with Gasteiger partial charge in [0.1, 0.15) is 0 Å². The van der Waals surface area contributed by atoms with Crippen molar-refractivity contribution in [2.45, 2.75) is 81.2 Å². The molecule has 0 aromatic heterocycles. The molecule has 0 nitrogen and oxygen atoms in total. The third kappa shape index (κ3) is 2.95. The maximum atomic E-state index is 2.46. The third-order valence-electron chi connectivity index (χ3n) is 7.09. The van der Waals surface area contributed by atoms with Crippen molar-refractivity contribution in [2.24, 2.45) is 0 Å². The Morgan fingerprint density at radius 3 is 1.42 bits per heavy atom. The highest BCUT2D eigenvalue weighted by molar-refractivity contribution is 7.59. The van der Waals surface area contributed by atoms with Gasteiger partial charge in [0.25, 0.3) is 0 Å². The van der Waals surface area contributed by atoms with Crippen LogP contribution in [0.15, 0.2) is 48.5 Å². The molecule has 0 radical (unpaired) electrons. The van der Waals surface area contributed by atoms with Gasteiger partial charge in [-0.15, -0.1) is 0 Å². The molecule has 136 valence electrons. The highest BCUT2D eigenvalue weighted by Crippen LogP contribution is 2.69. The molecule has 2 fully saturated rings. The van der Waals surface area contributed by atoms with Gasteiger partial charge in [-0.2, -0.15) is 0 Å². The minimum atomic E-state index is 0.0287. The Hall–Kier alpha value is -1.13. The lowest BCUT2D eigenvalue weighted by molar-refractivity contribution is 0.482. The summed E-state index contributed by atoms with van der Waals surface area (Å²) >= 11 is 0. The molecule has 0 unspecified atom stereocenters. The second-order valence-corrected chi connectivity index (χ2v) is 11.5. The van der Waals surface area contributed by atoms with E-state index >= 15 is 0 Å². The van der Waals surface area contributed by atoms with Gasteiger partial charge in [-0.3, -0.25) is 0 Å². The number of fused-ring (bicyclic) bond motifs is 3. The molecule has 0 bridgehead atoms. The van der Waals surface area contributed by atoms with Crippen LogP contribution < -0.4 is 0 Å². The largest absolute Gasteiger partial charge is 0.0880 e. The maximum absolute atomic E-state index is 2.46. The Kier molecular flexibility index (Phi) is 4.89. The molecule has 5 rings (SSSR count). The molecule has 0 N–H and O–H groups in total. The van der Waals surface area contributed by atoms with Gasteiger partial charge in [-0.05, 0) is 59.3 Å². The van der Waals surface area contributed by atoms with E-state index in [1.54, 1.807) is 11.1 Å². The number of rotatable bonds is 3. The lowest BCUT2D eigenvalue weighted by Gasteiger charge is -2.42. The molecule has 0 spiro atoms. The second kappa shape index (κ2) is 7.47. The molecule has 3 aliphatic carbocycles. The lowest BCUT2D eigenvalue weighted by Crippen LogP contribution is -2.23. The van der Waals surface area contributed by atoms with E-state index in [1.165, 1.54) is 75.3 Å². The Bertz CT molecular complexity index is 689. The Morgan fingerprint density at radius 1 is 0.538 bits per heavy atom. The van der Waals surface area contributed by atoms with E-state index in [9.17, 15) is 0 Å². The summed E-state index contributed by atoms with van der Waals surface area (Å²) < 4.78 is 0. The Labute approximate surface area is 160 Å². The summed E-state index contributed by atoms with van der Waals surface area (Å²) in [4.78, 5) is 0. The van der Waals surface area contributed by atoms with Crippen molar-refractivity contribution in [3.8, 4) is 11.1 Å². The van der Waals surface area contributed by atoms with Gasteiger partial charge in [0.2, 0.25) is 0 Å². The van der Waals surface area contributed by atoms with Crippen LogP contribution in [-0.4, -0.2) is 11.3 Å². The van der Waals surface area contributed by atoms with Gasteiger partial charge in [0.15, 0.2) is 0 Å². The number of benzene rings is 2. The van der Waals surface area contributed by atoms with Crippen LogP contribution >= 0.6 is 7.92 Å². The number of hydrogen-bond donors (Lipinski definition) is 0. The topological polar surface area (TPSA) is 0 Å². The van der Waals surface area contributed by atoms with Crippen molar-refractivity contribution in [1.29, 1.82) is 0 Å². The first-order valence-corrected chi connectivity index (χ1v) is 12.4. The summed E-state index contributed by atoms with van der Waals surface area (Å²) in [6, 6.07) is 18.7. The van der Waals surface area contributed by atoms with E-state index in [2.05, 4.69) is 48.5 Å². The molecular formula is C25H31P. The summed E-state index contributed by atoms with van der Waals surface area (Å²) in [5, 5.41) is 0. The maximum Gasteiger partial charge on any atom is 0.0308 e. The van der Waals surface area contributed by atoms with Crippen molar-refractivity contribution >= 4 is 7.92 Å². The minimum absolute atomic E-state index is 0.0287. The first-order valence-electron chi connectivity index (χ1n) is 10.9. The van der Waals surface area contributed by atoms with Crippen LogP contribution in [0.3, 0.4) is 0 Å². The molecule has 1 heteroatoms. The molecule has 3 aliphatic rings. The SMILES string of the molecule is c1ccc2c(c1)-c1ccccc1C2P(C1CCCCC1)C1CCCCC1. The van der Waals surface area contributed by atoms with Gasteiger partial charge in [-0.1, -0.05) is 95.0 Å². The van der Waals surface area contributed by atoms with E-state index in [0.29, 0.717) is 5.66 Å². The van der Waals surface area contributed by atoms with E-state index in [1.807, 2.05) is 0 Å². The summed E-state index contributed by atoms with van der Waals surface area (Å²) in [5.41, 5.74) is 9.12. The van der Waals surface area contributed by atoms with Crippen molar-refractivity contribution in [2.75, 3.05) is 0 Å². The second-order valence-electron chi connectivity index (χ2n) is 8.61. The van der Waals surface area contributed by atoms with Crippen LogP contribution in [0.1, 0.15) is 81.0 Å². The van der Waals surface area contributed by atoms with Crippen LogP contribution in [0.25, 0.3) is 11.1 Å². The third-order valence-corrected chi connectivity index (χ3v) is 11.0. The van der Waals surface area contributed by atoms with Gasteiger partial charge >= 0.3 is 0 Å². The van der Waals surface area contributed by atoms with Crippen molar-refractivity contribution in [3.63, 3.8) is 0 Å². The van der Waals surface area contributed by atoms with E-state index in [0.717, 1.165) is 11.3 Å². The first-order chi connectivity index (χ1) is 12.9. The lowest BCUT2D eigenvalue weighted by atomic mass is 9.99. The van der Waals surface area contributed by atoms with E-state index < -0.39 is 0 Å². The summed E-state index contributed by atoms with van der Waals surface area (Å²) in [5.74, 6) is 0. The zero-order valence-corrected chi connectivity index (χ0v) is 16.8. The fraction of sp³-hybridized carbons (Fsp3) is 0.520. The Morgan fingerprint density at radius 2 is 0.962 bits per heavy atom. The molecule has 26 heavy (non-hydrogen) atoms. The van der Waals surface area contributed by atoms with Crippen LogP contribution in [0, 0.1) is 0 Å².